The molecular formula is C45H52IrNO4-. The van der Waals surface area contributed by atoms with Crippen LogP contribution in [0.4, 0.5) is 0 Å². The molecule has 6 rings (SSSR count). The smallest absolute Gasteiger partial charge is 0.180 e. The average molecular weight is 863 g/mol. The average Bonchev–Trinajstić information content (AvgIpc) is 3.63. The SMILES string of the molecule is CCC(CC)C(=O)/C=C(\O)C(CC)CC.Cc1cc(C)c(-c2cc3oc4c(-c5[c-]c6ccccc6c(C(C)(C)C)c5)nccc4c3o2)c(C)c1.[Ir]. The van der Waals surface area contributed by atoms with Crippen LogP contribution in [0.2, 0.25) is 0 Å². The number of furan rings is 2. The van der Waals surface area contributed by atoms with Gasteiger partial charge >= 0.3 is 0 Å². The van der Waals surface area contributed by atoms with Crippen molar-refractivity contribution in [2.45, 2.75) is 100 Å². The summed E-state index contributed by atoms with van der Waals surface area (Å²) in [6, 6.07) is 22.6. The maximum atomic E-state index is 11.7. The van der Waals surface area contributed by atoms with Crippen molar-refractivity contribution in [2.75, 3.05) is 0 Å². The van der Waals surface area contributed by atoms with Crippen LogP contribution in [-0.4, -0.2) is 15.9 Å². The molecule has 271 valence electrons. The number of carbonyl (C=O) groups excluding carboxylic acids is 1. The molecule has 0 amide bonds. The number of aliphatic hydroxyl groups excluding tert-OH is 1. The van der Waals surface area contributed by atoms with E-state index in [2.05, 4.69) is 90.1 Å². The Morgan fingerprint density at radius 2 is 1.47 bits per heavy atom. The van der Waals surface area contributed by atoms with Gasteiger partial charge < -0.3 is 13.9 Å². The van der Waals surface area contributed by atoms with E-state index in [1.54, 1.807) is 0 Å². The Morgan fingerprint density at radius 1 is 0.843 bits per heavy atom. The molecule has 1 radical (unpaired) electrons. The Labute approximate surface area is 316 Å². The van der Waals surface area contributed by atoms with Gasteiger partial charge in [0.15, 0.2) is 16.9 Å². The first-order valence-electron chi connectivity index (χ1n) is 18.1. The predicted molar refractivity (Wildman–Crippen MR) is 208 cm³/mol. The fourth-order valence-electron chi connectivity index (χ4n) is 7.12. The first-order valence-corrected chi connectivity index (χ1v) is 18.1. The van der Waals surface area contributed by atoms with E-state index in [1.807, 2.05) is 46.0 Å². The van der Waals surface area contributed by atoms with E-state index in [1.165, 1.54) is 33.7 Å². The number of hydrogen-bond acceptors (Lipinski definition) is 5. The summed E-state index contributed by atoms with van der Waals surface area (Å²) in [5.74, 6) is 1.38. The van der Waals surface area contributed by atoms with Crippen LogP contribution in [0.15, 0.2) is 81.5 Å². The number of hydrogen-bond donors (Lipinski definition) is 1. The number of aromatic nitrogens is 1. The van der Waals surface area contributed by atoms with Gasteiger partial charge in [0.05, 0.1) is 11.1 Å². The summed E-state index contributed by atoms with van der Waals surface area (Å²) < 4.78 is 12.8. The molecule has 6 aromatic rings. The number of carbonyl (C=O) groups is 1. The molecule has 0 saturated heterocycles. The first kappa shape index (κ1) is 39.8. The van der Waals surface area contributed by atoms with Crippen molar-refractivity contribution in [3.8, 4) is 22.6 Å². The monoisotopic (exact) mass is 863 g/mol. The van der Waals surface area contributed by atoms with Crippen LogP contribution in [0, 0.1) is 38.7 Å². The van der Waals surface area contributed by atoms with Gasteiger partial charge in [0, 0.05) is 61.5 Å². The van der Waals surface area contributed by atoms with E-state index in [4.69, 9.17) is 13.8 Å². The molecule has 0 aliphatic heterocycles. The third-order valence-electron chi connectivity index (χ3n) is 9.90. The Hall–Kier alpha value is -3.99. The molecule has 0 unspecified atom stereocenters. The number of allylic oxidation sites excluding steroid dienone is 2. The van der Waals surface area contributed by atoms with E-state index in [0.717, 1.165) is 75.8 Å². The summed E-state index contributed by atoms with van der Waals surface area (Å²) in [7, 11) is 0. The van der Waals surface area contributed by atoms with Gasteiger partial charge in [-0.2, -0.15) is 0 Å². The number of benzene rings is 3. The van der Waals surface area contributed by atoms with E-state index in [0.29, 0.717) is 0 Å². The summed E-state index contributed by atoms with van der Waals surface area (Å²) in [4.78, 5) is 16.4. The Bertz CT molecular complexity index is 2150. The van der Waals surface area contributed by atoms with Gasteiger partial charge in [-0.15, -0.1) is 29.1 Å². The number of aryl methyl sites for hydroxylation is 3. The van der Waals surface area contributed by atoms with Gasteiger partial charge in [0.25, 0.3) is 0 Å². The molecule has 0 fully saturated rings. The molecule has 0 aliphatic carbocycles. The second-order valence-electron chi connectivity index (χ2n) is 14.6. The minimum absolute atomic E-state index is 0. The van der Waals surface area contributed by atoms with Crippen molar-refractivity contribution in [3.63, 3.8) is 0 Å². The summed E-state index contributed by atoms with van der Waals surface area (Å²) in [6.45, 7) is 21.2. The molecular weight excluding hydrogens is 811 g/mol. The molecule has 0 spiro atoms. The standard InChI is InChI=1S/C32H28NO2.C13H24O2.Ir/c1-18-13-19(2)28(20(3)14-18)26-17-27-30(34-26)24-11-12-33-29(31(24)35-27)22-15-21-9-7-8-10-23(21)25(16-22)32(4,5)6;1-5-10(6-2)12(14)9-13(15)11(7-3)8-4;/h7-14,16-17H,1-6H3;9-11,14H,5-8H2,1-4H3;/q-1;;/b;12-9-;. The van der Waals surface area contributed by atoms with E-state index < -0.39 is 0 Å². The molecule has 6 heteroatoms. The minimum atomic E-state index is -0.0211. The Kier molecular flexibility index (Phi) is 12.9. The number of ketones is 1. The summed E-state index contributed by atoms with van der Waals surface area (Å²) in [6.07, 6.45) is 6.74. The normalized spacial score (nSPS) is 12.1. The number of nitrogens with zero attached hydrogens (tertiary/aromatic N) is 1. The zero-order valence-corrected chi connectivity index (χ0v) is 34.2. The third kappa shape index (κ3) is 8.40. The second-order valence-corrected chi connectivity index (χ2v) is 14.6. The fraction of sp³-hybridized carbons (Fsp3) is 0.378. The van der Waals surface area contributed by atoms with Gasteiger partial charge in [-0.1, -0.05) is 95.3 Å². The second kappa shape index (κ2) is 16.6. The van der Waals surface area contributed by atoms with Crippen LogP contribution in [0.3, 0.4) is 0 Å². The third-order valence-corrected chi connectivity index (χ3v) is 9.90. The number of aliphatic hydroxyl groups is 1. The molecule has 51 heavy (non-hydrogen) atoms. The van der Waals surface area contributed by atoms with Crippen LogP contribution in [0.25, 0.3) is 55.5 Å². The van der Waals surface area contributed by atoms with Crippen LogP contribution < -0.4 is 0 Å². The van der Waals surface area contributed by atoms with Crippen LogP contribution in [0.1, 0.15) is 96.4 Å². The summed E-state index contributed by atoms with van der Waals surface area (Å²) in [5, 5.41) is 13.0. The van der Waals surface area contributed by atoms with E-state index in [-0.39, 0.29) is 48.9 Å². The molecule has 0 bridgehead atoms. The first-order chi connectivity index (χ1) is 23.8. The van der Waals surface area contributed by atoms with Crippen molar-refractivity contribution in [1.29, 1.82) is 0 Å². The van der Waals surface area contributed by atoms with Crippen molar-refractivity contribution >= 4 is 38.7 Å². The quantitative estimate of drug-likeness (QED) is 0.0890. The molecule has 3 aromatic carbocycles. The predicted octanol–water partition coefficient (Wildman–Crippen LogP) is 13.0. The largest absolute Gasteiger partial charge is 0.512 e. The number of fused-ring (bicyclic) bond motifs is 4. The Morgan fingerprint density at radius 3 is 2.08 bits per heavy atom. The van der Waals surface area contributed by atoms with Gasteiger partial charge in [-0.05, 0) is 69.1 Å². The van der Waals surface area contributed by atoms with E-state index in [9.17, 15) is 9.90 Å². The molecule has 0 aliphatic rings. The van der Waals surface area contributed by atoms with Gasteiger partial charge in [0.2, 0.25) is 0 Å². The van der Waals surface area contributed by atoms with Crippen molar-refractivity contribution in [2.24, 2.45) is 11.8 Å². The molecule has 3 heterocycles. The summed E-state index contributed by atoms with van der Waals surface area (Å²) >= 11 is 0. The topological polar surface area (TPSA) is 76.5 Å². The molecule has 1 N–H and O–H groups in total. The fourth-order valence-corrected chi connectivity index (χ4v) is 7.12. The maximum absolute atomic E-state index is 11.7. The van der Waals surface area contributed by atoms with Crippen molar-refractivity contribution in [1.82, 2.24) is 4.98 Å². The maximum Gasteiger partial charge on any atom is 0.180 e. The van der Waals surface area contributed by atoms with Gasteiger partial charge in [-0.25, -0.2) is 0 Å². The molecule has 5 nitrogen and oxygen atoms in total. The van der Waals surface area contributed by atoms with Crippen molar-refractivity contribution < 1.29 is 38.8 Å². The summed E-state index contributed by atoms with van der Waals surface area (Å²) in [5.41, 5.74) is 9.97. The number of pyridine rings is 1. The van der Waals surface area contributed by atoms with Crippen LogP contribution >= 0.6 is 0 Å². The minimum Gasteiger partial charge on any atom is -0.512 e. The van der Waals surface area contributed by atoms with Gasteiger partial charge in [-0.3, -0.25) is 9.78 Å². The molecule has 3 aromatic heterocycles. The van der Waals surface area contributed by atoms with E-state index >= 15 is 0 Å². The zero-order valence-electron chi connectivity index (χ0n) is 31.8. The Balaban J connectivity index is 0.000000312. The van der Waals surface area contributed by atoms with Crippen molar-refractivity contribution in [3.05, 3.63) is 101 Å². The molecule has 0 saturated carbocycles. The van der Waals surface area contributed by atoms with Crippen LogP contribution in [-0.2, 0) is 30.3 Å². The van der Waals surface area contributed by atoms with Crippen LogP contribution in [0.5, 0.6) is 0 Å². The number of rotatable bonds is 9. The van der Waals surface area contributed by atoms with Gasteiger partial charge in [0.1, 0.15) is 11.3 Å². The molecule has 0 atom stereocenters. The zero-order chi connectivity index (χ0) is 36.3.